The Morgan fingerprint density at radius 2 is 2.13 bits per heavy atom. The van der Waals surface area contributed by atoms with E-state index in [-0.39, 0.29) is 11.8 Å². The van der Waals surface area contributed by atoms with Gasteiger partial charge in [0.2, 0.25) is 0 Å². The van der Waals surface area contributed by atoms with Crippen LogP contribution in [-0.4, -0.2) is 46.4 Å². The highest BCUT2D eigenvalue weighted by Crippen LogP contribution is 2.41. The average molecular weight is 318 g/mol. The second-order valence-corrected chi connectivity index (χ2v) is 6.97. The van der Waals surface area contributed by atoms with Gasteiger partial charge in [0.05, 0.1) is 5.60 Å². The molecule has 1 aromatic rings. The lowest BCUT2D eigenvalue weighted by Crippen LogP contribution is -2.49. The Hall–Kier alpha value is -1.69. The van der Waals surface area contributed by atoms with Gasteiger partial charge in [-0.1, -0.05) is 12.8 Å². The van der Waals surface area contributed by atoms with Gasteiger partial charge in [-0.25, -0.2) is 0 Å². The number of aliphatic hydroxyl groups is 1. The number of aromatic nitrogens is 2. The molecule has 23 heavy (non-hydrogen) atoms. The Balaban J connectivity index is 1.80. The van der Waals surface area contributed by atoms with E-state index in [0.29, 0.717) is 11.7 Å². The van der Waals surface area contributed by atoms with E-state index in [1.54, 1.807) is 13.1 Å². The second kappa shape index (κ2) is 6.43. The molecule has 1 aliphatic heterocycles. The molecule has 2 N–H and O–H groups in total. The molecule has 3 rings (SSSR count). The van der Waals surface area contributed by atoms with Crippen molar-refractivity contribution in [3.05, 3.63) is 17.8 Å². The molecular formula is C17H26N4O2. The number of anilines is 1. The maximum atomic E-state index is 11.6. The summed E-state index contributed by atoms with van der Waals surface area (Å²) < 4.78 is 0. The average Bonchev–Trinajstić information content (AvgIpc) is 3.03. The number of carbonyl (C=O) groups is 1. The zero-order valence-corrected chi connectivity index (χ0v) is 14.0. The zero-order valence-electron chi connectivity index (χ0n) is 14.0. The summed E-state index contributed by atoms with van der Waals surface area (Å²) in [5, 5.41) is 21.6. The van der Waals surface area contributed by atoms with E-state index in [9.17, 15) is 9.90 Å². The summed E-state index contributed by atoms with van der Waals surface area (Å²) in [5.74, 6) is 0.859. The van der Waals surface area contributed by atoms with Gasteiger partial charge >= 0.3 is 0 Å². The van der Waals surface area contributed by atoms with Gasteiger partial charge in [-0.15, -0.1) is 10.2 Å². The molecule has 0 unspecified atom stereocenters. The predicted octanol–water partition coefficient (Wildman–Crippen LogP) is 1.75. The van der Waals surface area contributed by atoms with Gasteiger partial charge < -0.3 is 15.3 Å². The quantitative estimate of drug-likeness (QED) is 0.887. The van der Waals surface area contributed by atoms with Crippen LogP contribution in [0.5, 0.6) is 0 Å². The number of nitrogens with zero attached hydrogens (tertiary/aromatic N) is 3. The van der Waals surface area contributed by atoms with Crippen molar-refractivity contribution in [2.45, 2.75) is 57.1 Å². The minimum Gasteiger partial charge on any atom is -0.390 e. The molecule has 2 aliphatic rings. The molecule has 3 atom stereocenters. The molecule has 126 valence electrons. The van der Waals surface area contributed by atoms with Crippen molar-refractivity contribution in [1.82, 2.24) is 15.5 Å². The van der Waals surface area contributed by atoms with E-state index in [1.165, 1.54) is 6.42 Å². The van der Waals surface area contributed by atoms with Gasteiger partial charge in [-0.05, 0) is 44.7 Å². The Morgan fingerprint density at radius 3 is 2.78 bits per heavy atom. The monoisotopic (exact) mass is 318 g/mol. The Bertz CT molecular complexity index is 558. The van der Waals surface area contributed by atoms with Gasteiger partial charge in [0.15, 0.2) is 11.5 Å². The van der Waals surface area contributed by atoms with Crippen molar-refractivity contribution in [3.8, 4) is 0 Å². The van der Waals surface area contributed by atoms with Crippen LogP contribution in [0, 0.1) is 5.92 Å². The highest BCUT2D eigenvalue weighted by molar-refractivity contribution is 5.91. The summed E-state index contributed by atoms with van der Waals surface area (Å²) in [7, 11) is 1.58. The van der Waals surface area contributed by atoms with Crippen molar-refractivity contribution in [2.75, 3.05) is 18.5 Å². The van der Waals surface area contributed by atoms with E-state index in [1.807, 2.05) is 13.0 Å². The van der Waals surface area contributed by atoms with Crippen molar-refractivity contribution in [3.63, 3.8) is 0 Å². The third-order valence-corrected chi connectivity index (χ3v) is 5.41. The summed E-state index contributed by atoms with van der Waals surface area (Å²) in [6, 6.07) is 3.90. The molecule has 2 fully saturated rings. The van der Waals surface area contributed by atoms with E-state index in [2.05, 4.69) is 20.4 Å². The molecule has 0 bridgehead atoms. The predicted molar refractivity (Wildman–Crippen MR) is 88.4 cm³/mol. The van der Waals surface area contributed by atoms with Crippen LogP contribution in [0.1, 0.15) is 55.9 Å². The molecule has 6 heteroatoms. The molecule has 0 radical (unpaired) electrons. The van der Waals surface area contributed by atoms with Crippen molar-refractivity contribution < 1.29 is 9.90 Å². The lowest BCUT2D eigenvalue weighted by atomic mass is 9.72. The molecule has 2 heterocycles. The molecular weight excluding hydrogens is 292 g/mol. The number of hydrogen-bond acceptors (Lipinski definition) is 5. The summed E-state index contributed by atoms with van der Waals surface area (Å²) in [6.45, 7) is 2.92. The lowest BCUT2D eigenvalue weighted by molar-refractivity contribution is -0.0411. The van der Waals surface area contributed by atoms with E-state index >= 15 is 0 Å². The highest BCUT2D eigenvalue weighted by atomic mass is 16.3. The van der Waals surface area contributed by atoms with Gasteiger partial charge in [0, 0.05) is 25.6 Å². The van der Waals surface area contributed by atoms with Crippen LogP contribution < -0.4 is 10.2 Å². The molecule has 1 saturated heterocycles. The maximum Gasteiger partial charge on any atom is 0.271 e. The smallest absolute Gasteiger partial charge is 0.271 e. The fourth-order valence-corrected chi connectivity index (χ4v) is 4.17. The van der Waals surface area contributed by atoms with Crippen LogP contribution in [0.2, 0.25) is 0 Å². The van der Waals surface area contributed by atoms with Gasteiger partial charge in [0.25, 0.3) is 5.91 Å². The van der Waals surface area contributed by atoms with Crippen LogP contribution in [-0.2, 0) is 0 Å². The molecule has 0 aromatic carbocycles. The number of amides is 1. The standard InChI is InChI=1S/C17H26N4O2/c1-17(23)10-4-3-6-12(17)14-7-5-11-21(14)15-9-8-13(19-20-15)16(22)18-2/h8-9,12,14,23H,3-7,10-11H2,1-2H3,(H,18,22)/t12-,14-,17-/m1/s1. The topological polar surface area (TPSA) is 78.4 Å². The second-order valence-electron chi connectivity index (χ2n) is 6.97. The summed E-state index contributed by atoms with van der Waals surface area (Å²) in [4.78, 5) is 13.9. The molecule has 6 nitrogen and oxygen atoms in total. The lowest BCUT2D eigenvalue weighted by Gasteiger charge is -2.43. The largest absolute Gasteiger partial charge is 0.390 e. The third kappa shape index (κ3) is 3.17. The van der Waals surface area contributed by atoms with Crippen LogP contribution in [0.4, 0.5) is 5.82 Å². The number of rotatable bonds is 3. The number of carbonyl (C=O) groups excluding carboxylic acids is 1. The maximum absolute atomic E-state index is 11.6. The first-order chi connectivity index (χ1) is 11.0. The van der Waals surface area contributed by atoms with Crippen molar-refractivity contribution in [1.29, 1.82) is 0 Å². The van der Waals surface area contributed by atoms with E-state index in [0.717, 1.165) is 44.5 Å². The first-order valence-corrected chi connectivity index (χ1v) is 8.58. The highest BCUT2D eigenvalue weighted by Gasteiger charge is 2.43. The fraction of sp³-hybridized carbons (Fsp3) is 0.706. The molecule has 1 saturated carbocycles. The van der Waals surface area contributed by atoms with Gasteiger partial charge in [-0.2, -0.15) is 0 Å². The zero-order chi connectivity index (χ0) is 16.4. The minimum atomic E-state index is -0.596. The Labute approximate surface area is 137 Å². The van der Waals surface area contributed by atoms with E-state index in [4.69, 9.17) is 0 Å². The minimum absolute atomic E-state index is 0.225. The van der Waals surface area contributed by atoms with Crippen LogP contribution in [0.3, 0.4) is 0 Å². The number of hydrogen-bond donors (Lipinski definition) is 2. The third-order valence-electron chi connectivity index (χ3n) is 5.41. The van der Waals surface area contributed by atoms with Gasteiger partial charge in [-0.3, -0.25) is 4.79 Å². The first-order valence-electron chi connectivity index (χ1n) is 8.58. The van der Waals surface area contributed by atoms with Gasteiger partial charge in [0.1, 0.15) is 0 Å². The Morgan fingerprint density at radius 1 is 1.30 bits per heavy atom. The first kappa shape index (κ1) is 16.2. The van der Waals surface area contributed by atoms with Crippen LogP contribution in [0.25, 0.3) is 0 Å². The summed E-state index contributed by atoms with van der Waals surface area (Å²) >= 11 is 0. The Kier molecular flexibility index (Phi) is 4.53. The molecule has 1 aromatic heterocycles. The van der Waals surface area contributed by atoms with E-state index < -0.39 is 5.60 Å². The summed E-state index contributed by atoms with van der Waals surface area (Å²) in [6.07, 6.45) is 6.43. The molecule has 0 spiro atoms. The summed E-state index contributed by atoms with van der Waals surface area (Å²) in [5.41, 5.74) is -0.266. The normalized spacial score (nSPS) is 31.2. The van der Waals surface area contributed by atoms with Crippen LogP contribution >= 0.6 is 0 Å². The molecule has 1 aliphatic carbocycles. The fourth-order valence-electron chi connectivity index (χ4n) is 4.17. The SMILES string of the molecule is CNC(=O)c1ccc(N2CCC[C@@H]2[C@H]2CCCC[C@@]2(C)O)nn1. The van der Waals surface area contributed by atoms with Crippen molar-refractivity contribution in [2.24, 2.45) is 5.92 Å². The molecule has 1 amide bonds. The van der Waals surface area contributed by atoms with Crippen LogP contribution in [0.15, 0.2) is 12.1 Å². The number of nitrogens with one attached hydrogen (secondary N) is 1. The van der Waals surface area contributed by atoms with Crippen molar-refractivity contribution >= 4 is 11.7 Å².